The molecule has 12 aromatic rings. The molecule has 0 saturated carbocycles. The van der Waals surface area contributed by atoms with Gasteiger partial charge in [0.05, 0.1) is 56.2 Å². The summed E-state index contributed by atoms with van der Waals surface area (Å²) in [6, 6.07) is 69.9. The number of hydrogen-bond acceptors (Lipinski definition) is 5. The zero-order valence-electron chi connectivity index (χ0n) is 32.3. The molecule has 5 nitrogen and oxygen atoms in total. The lowest BCUT2D eigenvalue weighted by atomic mass is 9.95. The molecule has 0 spiro atoms. The Hall–Kier alpha value is -8.15. The Morgan fingerprint density at radius 3 is 1.02 bits per heavy atom. The summed E-state index contributed by atoms with van der Waals surface area (Å²) in [5.41, 5.74) is 12.6. The maximum atomic E-state index is 5.32. The maximum Gasteiger partial charge on any atom is 0.0900 e. The molecule has 0 N–H and O–H groups in total. The van der Waals surface area contributed by atoms with E-state index in [1.807, 2.05) is 24.3 Å². The van der Waals surface area contributed by atoms with Crippen molar-refractivity contribution in [3.05, 3.63) is 200 Å². The Morgan fingerprint density at radius 1 is 0.183 bits per heavy atom. The third-order valence-corrected chi connectivity index (χ3v) is 11.5. The van der Waals surface area contributed by atoms with Crippen LogP contribution in [-0.4, -0.2) is 24.9 Å². The van der Waals surface area contributed by atoms with E-state index in [4.69, 9.17) is 24.9 Å². The smallest absolute Gasteiger partial charge is 0.0900 e. The molecule has 0 saturated heterocycles. The molecule has 0 unspecified atom stereocenters. The molecule has 0 aliphatic heterocycles. The van der Waals surface area contributed by atoms with Gasteiger partial charge in [-0.25, -0.2) is 24.9 Å². The van der Waals surface area contributed by atoms with Crippen LogP contribution in [0.15, 0.2) is 200 Å². The Bertz CT molecular complexity index is 3450. The molecule has 0 bridgehead atoms. The lowest BCUT2D eigenvalue weighted by Crippen LogP contribution is -1.96. The van der Waals surface area contributed by atoms with Crippen molar-refractivity contribution >= 4 is 65.2 Å². The highest BCUT2D eigenvalue weighted by atomic mass is 14.8. The number of aromatic nitrogens is 5. The predicted molar refractivity (Wildman–Crippen MR) is 248 cm³/mol. The molecule has 0 atom stereocenters. The SMILES string of the molecule is c1ccc2cc3nc(-c4cc(-c5cc(-c6ccc7ccccc7n6)cc(-c6ccc7ccccc7n6)c5)cc(-c5ccc6cc7ccccc7cc6n5)n4)ccc3cc2c1. The van der Waals surface area contributed by atoms with Crippen LogP contribution in [0, 0.1) is 0 Å². The molecule has 5 aromatic heterocycles. The molecule has 0 aliphatic rings. The van der Waals surface area contributed by atoms with Crippen molar-refractivity contribution in [1.82, 2.24) is 24.9 Å². The molecular formula is C55H33N5. The molecule has 0 aliphatic carbocycles. The molecular weight excluding hydrogens is 731 g/mol. The van der Waals surface area contributed by atoms with Gasteiger partial charge in [-0.3, -0.25) is 0 Å². The normalized spacial score (nSPS) is 11.7. The zero-order valence-corrected chi connectivity index (χ0v) is 32.3. The Balaban J connectivity index is 1.08. The van der Waals surface area contributed by atoms with Crippen LogP contribution >= 0.6 is 0 Å². The molecule has 7 aromatic carbocycles. The van der Waals surface area contributed by atoms with E-state index in [0.717, 1.165) is 111 Å². The van der Waals surface area contributed by atoms with Crippen molar-refractivity contribution in [2.75, 3.05) is 0 Å². The van der Waals surface area contributed by atoms with Crippen LogP contribution in [0.3, 0.4) is 0 Å². The van der Waals surface area contributed by atoms with Gasteiger partial charge < -0.3 is 0 Å². The third kappa shape index (κ3) is 6.08. The Kier molecular flexibility index (Phi) is 7.78. The lowest BCUT2D eigenvalue weighted by molar-refractivity contribution is 1.25. The minimum absolute atomic E-state index is 0.762. The number of nitrogens with zero attached hydrogens (tertiary/aromatic N) is 5. The van der Waals surface area contributed by atoms with Crippen molar-refractivity contribution in [3.8, 4) is 56.4 Å². The van der Waals surface area contributed by atoms with Gasteiger partial charge >= 0.3 is 0 Å². The summed E-state index contributed by atoms with van der Waals surface area (Å²) in [4.78, 5) is 26.1. The van der Waals surface area contributed by atoms with E-state index in [-0.39, 0.29) is 0 Å². The van der Waals surface area contributed by atoms with Gasteiger partial charge in [0.15, 0.2) is 0 Å². The van der Waals surface area contributed by atoms with Gasteiger partial charge in [0, 0.05) is 32.7 Å². The molecule has 0 fully saturated rings. The fraction of sp³-hybridized carbons (Fsp3) is 0. The summed E-state index contributed by atoms with van der Waals surface area (Å²) in [7, 11) is 0. The van der Waals surface area contributed by atoms with E-state index in [1.54, 1.807) is 0 Å². The highest BCUT2D eigenvalue weighted by molar-refractivity contribution is 5.99. The van der Waals surface area contributed by atoms with Crippen LogP contribution in [0.1, 0.15) is 0 Å². The van der Waals surface area contributed by atoms with Gasteiger partial charge in [-0.2, -0.15) is 0 Å². The van der Waals surface area contributed by atoms with Gasteiger partial charge in [-0.1, -0.05) is 109 Å². The summed E-state index contributed by atoms with van der Waals surface area (Å²) >= 11 is 0. The average molecular weight is 764 g/mol. The highest BCUT2D eigenvalue weighted by Gasteiger charge is 2.16. The van der Waals surface area contributed by atoms with Crippen LogP contribution in [0.4, 0.5) is 0 Å². The monoisotopic (exact) mass is 763 g/mol. The predicted octanol–water partition coefficient (Wildman–Crippen LogP) is 13.9. The molecule has 278 valence electrons. The third-order valence-electron chi connectivity index (χ3n) is 11.5. The summed E-state index contributed by atoms with van der Waals surface area (Å²) in [6.07, 6.45) is 0. The number of fused-ring (bicyclic) bond motifs is 6. The van der Waals surface area contributed by atoms with E-state index >= 15 is 0 Å². The van der Waals surface area contributed by atoms with E-state index in [0.29, 0.717) is 0 Å². The minimum atomic E-state index is 0.762. The van der Waals surface area contributed by atoms with Crippen molar-refractivity contribution in [3.63, 3.8) is 0 Å². The van der Waals surface area contributed by atoms with Crippen molar-refractivity contribution in [2.45, 2.75) is 0 Å². The van der Waals surface area contributed by atoms with Gasteiger partial charge in [-0.15, -0.1) is 0 Å². The van der Waals surface area contributed by atoms with Crippen molar-refractivity contribution < 1.29 is 0 Å². The summed E-state index contributed by atoms with van der Waals surface area (Å²) < 4.78 is 0. The Labute approximate surface area is 345 Å². The first kappa shape index (κ1) is 33.9. The fourth-order valence-electron chi connectivity index (χ4n) is 8.41. The molecule has 5 heteroatoms. The second kappa shape index (κ2) is 13.8. The molecule has 0 amide bonds. The van der Waals surface area contributed by atoms with E-state index in [1.165, 1.54) is 10.8 Å². The van der Waals surface area contributed by atoms with Gasteiger partial charge in [0.2, 0.25) is 0 Å². The highest BCUT2D eigenvalue weighted by Crippen LogP contribution is 2.37. The Morgan fingerprint density at radius 2 is 0.533 bits per heavy atom. The van der Waals surface area contributed by atoms with Crippen molar-refractivity contribution in [1.29, 1.82) is 0 Å². The first-order valence-electron chi connectivity index (χ1n) is 20.1. The number of pyridine rings is 5. The quantitative estimate of drug-likeness (QED) is 0.163. The van der Waals surface area contributed by atoms with Gasteiger partial charge in [-0.05, 0) is 124 Å². The largest absolute Gasteiger partial charge is 0.248 e. The van der Waals surface area contributed by atoms with E-state index < -0.39 is 0 Å². The summed E-state index contributed by atoms with van der Waals surface area (Å²) in [5, 5.41) is 9.05. The van der Waals surface area contributed by atoms with Crippen LogP contribution in [-0.2, 0) is 0 Å². The second-order valence-electron chi connectivity index (χ2n) is 15.4. The molecule has 5 heterocycles. The molecule has 0 radical (unpaired) electrons. The van der Waals surface area contributed by atoms with Crippen LogP contribution in [0.2, 0.25) is 0 Å². The number of para-hydroxylation sites is 2. The number of benzene rings is 7. The maximum absolute atomic E-state index is 5.32. The fourth-order valence-corrected chi connectivity index (χ4v) is 8.41. The lowest BCUT2D eigenvalue weighted by Gasteiger charge is -2.14. The second-order valence-corrected chi connectivity index (χ2v) is 15.4. The zero-order chi connectivity index (χ0) is 39.6. The topological polar surface area (TPSA) is 64.5 Å². The van der Waals surface area contributed by atoms with Crippen LogP contribution < -0.4 is 0 Å². The van der Waals surface area contributed by atoms with Crippen LogP contribution in [0.25, 0.3) is 122 Å². The minimum Gasteiger partial charge on any atom is -0.248 e. The van der Waals surface area contributed by atoms with Gasteiger partial charge in [0.25, 0.3) is 0 Å². The van der Waals surface area contributed by atoms with Crippen LogP contribution in [0.5, 0.6) is 0 Å². The molecule has 60 heavy (non-hydrogen) atoms. The number of rotatable bonds is 5. The summed E-state index contributed by atoms with van der Waals surface area (Å²) in [6.45, 7) is 0. The van der Waals surface area contributed by atoms with Crippen molar-refractivity contribution in [2.24, 2.45) is 0 Å². The first-order valence-corrected chi connectivity index (χ1v) is 20.1. The average Bonchev–Trinajstić information content (AvgIpc) is 3.31. The first-order chi connectivity index (χ1) is 29.6. The summed E-state index contributed by atoms with van der Waals surface area (Å²) in [5.74, 6) is 0. The van der Waals surface area contributed by atoms with E-state index in [2.05, 4.69) is 176 Å². The molecule has 12 rings (SSSR count). The standard InChI is InChI=1S/C55H33N5/c1-3-13-38-30-52-40(25-36(38)11-1)19-23-50(58-52)54-32-43(33-55(60-54)51-24-20-41-26-37-12-2-4-14-39(37)31-53(41)59-51)42-27-44(48-21-17-34-9-5-7-15-46(34)56-48)29-45(28-42)49-22-18-35-10-6-8-16-47(35)57-49/h1-33H. The number of hydrogen-bond donors (Lipinski definition) is 0. The van der Waals surface area contributed by atoms with E-state index in [9.17, 15) is 0 Å². The van der Waals surface area contributed by atoms with Gasteiger partial charge in [0.1, 0.15) is 0 Å².